The van der Waals surface area contributed by atoms with Crippen molar-refractivity contribution in [3.05, 3.63) is 82.9 Å². The molecule has 0 radical (unpaired) electrons. The highest BCUT2D eigenvalue weighted by molar-refractivity contribution is 5.45. The van der Waals surface area contributed by atoms with Gasteiger partial charge in [0, 0.05) is 6.61 Å². The van der Waals surface area contributed by atoms with E-state index in [1.807, 2.05) is 18.2 Å². The van der Waals surface area contributed by atoms with E-state index in [4.69, 9.17) is 4.74 Å². The van der Waals surface area contributed by atoms with Gasteiger partial charge in [-0.3, -0.25) is 0 Å². The van der Waals surface area contributed by atoms with Crippen LogP contribution in [-0.4, -0.2) is 12.7 Å². The molecule has 2 aromatic rings. The van der Waals surface area contributed by atoms with Gasteiger partial charge in [0.1, 0.15) is 11.6 Å². The van der Waals surface area contributed by atoms with Crippen molar-refractivity contribution in [3.63, 3.8) is 0 Å². The number of benzene rings is 2. The summed E-state index contributed by atoms with van der Waals surface area (Å²) in [7, 11) is 0. The average molecular weight is 449 g/mol. The summed E-state index contributed by atoms with van der Waals surface area (Å²) in [6.07, 6.45) is 10.8. The highest BCUT2D eigenvalue weighted by Crippen LogP contribution is 2.46. The molecule has 4 atom stereocenters. The van der Waals surface area contributed by atoms with E-state index >= 15 is 0 Å². The number of aryl methyl sites for hydroxylation is 1. The number of hydrogen-bond donors (Lipinski definition) is 0. The fourth-order valence-electron chi connectivity index (χ4n) is 5.64. The summed E-state index contributed by atoms with van der Waals surface area (Å²) < 4.78 is 35.1. The van der Waals surface area contributed by atoms with Crippen molar-refractivity contribution in [2.24, 2.45) is 11.8 Å². The van der Waals surface area contributed by atoms with Gasteiger partial charge in [0.25, 0.3) is 0 Å². The molecule has 4 unspecified atom stereocenters. The molecular weight excluding hydrogens is 414 g/mol. The predicted octanol–water partition coefficient (Wildman–Crippen LogP) is 7.57. The van der Waals surface area contributed by atoms with Gasteiger partial charge in [0.05, 0.1) is 17.2 Å². The van der Waals surface area contributed by atoms with Crippen molar-refractivity contribution in [2.75, 3.05) is 6.61 Å². The maximum atomic E-state index is 14.9. The summed E-state index contributed by atoms with van der Waals surface area (Å²) in [5.74, 6) is 6.84. The van der Waals surface area contributed by atoms with Crippen molar-refractivity contribution < 1.29 is 13.5 Å². The fraction of sp³-hybridized carbons (Fsp3) is 0.467. The SMILES string of the molecule is C=CCCc1ccc(C#Cc2ccc(C3CCC4CC(OCC)CCC4C3)cc2F)c(F)c1. The van der Waals surface area contributed by atoms with Gasteiger partial charge in [-0.15, -0.1) is 6.58 Å². The summed E-state index contributed by atoms with van der Waals surface area (Å²) in [4.78, 5) is 0. The van der Waals surface area contributed by atoms with Crippen LogP contribution in [0.4, 0.5) is 8.78 Å². The second-order valence-corrected chi connectivity index (χ2v) is 9.55. The molecule has 2 aromatic carbocycles. The predicted molar refractivity (Wildman–Crippen MR) is 130 cm³/mol. The molecule has 2 aliphatic carbocycles. The summed E-state index contributed by atoms with van der Waals surface area (Å²) in [5.41, 5.74) is 2.59. The van der Waals surface area contributed by atoms with Gasteiger partial charge >= 0.3 is 0 Å². The van der Waals surface area contributed by atoms with Crippen LogP contribution in [0.3, 0.4) is 0 Å². The molecule has 0 amide bonds. The molecule has 0 bridgehead atoms. The Morgan fingerprint density at radius 1 is 0.939 bits per heavy atom. The van der Waals surface area contributed by atoms with E-state index in [9.17, 15) is 8.78 Å². The largest absolute Gasteiger partial charge is 0.378 e. The fourth-order valence-corrected chi connectivity index (χ4v) is 5.64. The zero-order chi connectivity index (χ0) is 23.2. The number of rotatable bonds is 6. The monoisotopic (exact) mass is 448 g/mol. The van der Waals surface area contributed by atoms with E-state index in [-0.39, 0.29) is 11.6 Å². The third-order valence-electron chi connectivity index (χ3n) is 7.43. The highest BCUT2D eigenvalue weighted by atomic mass is 19.1. The van der Waals surface area contributed by atoms with E-state index in [0.717, 1.165) is 61.7 Å². The van der Waals surface area contributed by atoms with Crippen LogP contribution < -0.4 is 0 Å². The van der Waals surface area contributed by atoms with Gasteiger partial charge in [-0.05, 0) is 111 Å². The Labute approximate surface area is 197 Å². The first-order chi connectivity index (χ1) is 16.1. The number of fused-ring (bicyclic) bond motifs is 1. The maximum Gasteiger partial charge on any atom is 0.139 e. The summed E-state index contributed by atoms with van der Waals surface area (Å²) in [5, 5.41) is 0. The lowest BCUT2D eigenvalue weighted by Crippen LogP contribution is -2.33. The minimum atomic E-state index is -0.364. The molecule has 0 heterocycles. The molecule has 0 aliphatic heterocycles. The Morgan fingerprint density at radius 2 is 1.64 bits per heavy atom. The van der Waals surface area contributed by atoms with Gasteiger partial charge in [0.15, 0.2) is 0 Å². The van der Waals surface area contributed by atoms with Crippen LogP contribution in [0.1, 0.15) is 80.0 Å². The Bertz CT molecular complexity index is 1030. The van der Waals surface area contributed by atoms with Gasteiger partial charge in [0.2, 0.25) is 0 Å². The van der Waals surface area contributed by atoms with Crippen molar-refractivity contribution in [2.45, 2.75) is 70.3 Å². The van der Waals surface area contributed by atoms with E-state index in [0.29, 0.717) is 23.1 Å². The Morgan fingerprint density at radius 3 is 2.33 bits per heavy atom. The van der Waals surface area contributed by atoms with Crippen molar-refractivity contribution in [3.8, 4) is 11.8 Å². The van der Waals surface area contributed by atoms with Gasteiger partial charge in [-0.1, -0.05) is 30.0 Å². The number of ether oxygens (including phenoxy) is 1. The second-order valence-electron chi connectivity index (χ2n) is 9.55. The van der Waals surface area contributed by atoms with Crippen LogP contribution in [0.25, 0.3) is 0 Å². The van der Waals surface area contributed by atoms with E-state index < -0.39 is 0 Å². The lowest BCUT2D eigenvalue weighted by molar-refractivity contribution is -0.00956. The standard InChI is InChI=1S/C30H34F2O/c1-3-5-6-21-7-8-22(29(31)17-21)9-10-23-11-12-27(20-30(23)32)24-13-14-26-19-28(33-4-2)16-15-25(26)18-24/h3,7-8,11-12,17,20,24-26,28H,1,4-6,13-16,18-19H2,2H3. The lowest BCUT2D eigenvalue weighted by Gasteiger charge is -2.42. The third kappa shape index (κ3) is 5.92. The Kier molecular flexibility index (Phi) is 7.99. The van der Waals surface area contributed by atoms with Gasteiger partial charge in [-0.25, -0.2) is 8.78 Å². The first-order valence-corrected chi connectivity index (χ1v) is 12.4. The van der Waals surface area contributed by atoms with Crippen molar-refractivity contribution in [1.82, 2.24) is 0 Å². The number of allylic oxidation sites excluding steroid dienone is 1. The summed E-state index contributed by atoms with van der Waals surface area (Å²) in [6, 6.07) is 10.5. The molecular formula is C30H34F2O. The van der Waals surface area contributed by atoms with E-state index in [1.165, 1.54) is 25.3 Å². The minimum absolute atomic E-state index is 0.293. The molecule has 4 rings (SSSR count). The molecule has 0 N–H and O–H groups in total. The summed E-state index contributed by atoms with van der Waals surface area (Å²) in [6.45, 7) is 6.56. The number of halogens is 2. The van der Waals surface area contributed by atoms with Crippen LogP contribution >= 0.6 is 0 Å². The highest BCUT2D eigenvalue weighted by Gasteiger charge is 2.36. The van der Waals surface area contributed by atoms with Crippen LogP contribution in [-0.2, 0) is 11.2 Å². The molecule has 2 fully saturated rings. The van der Waals surface area contributed by atoms with Gasteiger partial charge in [-0.2, -0.15) is 0 Å². The molecule has 0 spiro atoms. The first-order valence-electron chi connectivity index (χ1n) is 12.4. The van der Waals surface area contributed by atoms with Crippen LogP contribution in [0, 0.1) is 35.3 Å². The molecule has 174 valence electrons. The normalized spacial score (nSPS) is 24.5. The summed E-state index contributed by atoms with van der Waals surface area (Å²) >= 11 is 0. The molecule has 0 aromatic heterocycles. The lowest BCUT2D eigenvalue weighted by atomic mass is 9.65. The van der Waals surface area contributed by atoms with Crippen molar-refractivity contribution >= 4 is 0 Å². The zero-order valence-corrected chi connectivity index (χ0v) is 19.6. The van der Waals surface area contributed by atoms with Crippen LogP contribution in [0.5, 0.6) is 0 Å². The van der Waals surface area contributed by atoms with E-state index in [2.05, 4.69) is 25.3 Å². The molecule has 2 saturated carbocycles. The molecule has 0 saturated heterocycles. The minimum Gasteiger partial charge on any atom is -0.378 e. The smallest absolute Gasteiger partial charge is 0.139 e. The topological polar surface area (TPSA) is 9.23 Å². The van der Waals surface area contributed by atoms with Crippen LogP contribution in [0.2, 0.25) is 0 Å². The van der Waals surface area contributed by atoms with Crippen LogP contribution in [0.15, 0.2) is 49.1 Å². The number of hydrogen-bond acceptors (Lipinski definition) is 1. The van der Waals surface area contributed by atoms with Gasteiger partial charge < -0.3 is 4.74 Å². The second kappa shape index (κ2) is 11.1. The Balaban J connectivity index is 1.41. The van der Waals surface area contributed by atoms with Crippen molar-refractivity contribution in [1.29, 1.82) is 0 Å². The average Bonchev–Trinajstić information content (AvgIpc) is 2.82. The zero-order valence-electron chi connectivity index (χ0n) is 19.6. The van der Waals surface area contributed by atoms with E-state index in [1.54, 1.807) is 18.2 Å². The quantitative estimate of drug-likeness (QED) is 0.327. The third-order valence-corrected chi connectivity index (χ3v) is 7.43. The molecule has 1 nitrogen and oxygen atoms in total. The molecule has 2 aliphatic rings. The first kappa shape index (κ1) is 23.7. The molecule has 33 heavy (non-hydrogen) atoms. The maximum absolute atomic E-state index is 14.9. The Hall–Kier alpha value is -2.44. The molecule has 3 heteroatoms.